The fourth-order valence-electron chi connectivity index (χ4n) is 4.39. The number of rotatable bonds is 3. The van der Waals surface area contributed by atoms with Gasteiger partial charge < -0.3 is 5.32 Å². The summed E-state index contributed by atoms with van der Waals surface area (Å²) in [6, 6.07) is 7.05. The molecule has 1 atom stereocenters. The summed E-state index contributed by atoms with van der Waals surface area (Å²) < 4.78 is 0. The van der Waals surface area contributed by atoms with Gasteiger partial charge in [0.25, 0.3) is 0 Å². The van der Waals surface area contributed by atoms with Crippen LogP contribution in [0, 0.1) is 5.92 Å². The smallest absolute Gasteiger partial charge is 0.0544 e. The van der Waals surface area contributed by atoms with Crippen LogP contribution < -0.4 is 5.32 Å². The van der Waals surface area contributed by atoms with Gasteiger partial charge in [0, 0.05) is 37.4 Å². The van der Waals surface area contributed by atoms with E-state index in [1.165, 1.54) is 63.7 Å². The van der Waals surface area contributed by atoms with E-state index in [9.17, 15) is 0 Å². The third kappa shape index (κ3) is 3.00. The van der Waals surface area contributed by atoms with Crippen molar-refractivity contribution in [2.24, 2.45) is 5.92 Å². The highest BCUT2D eigenvalue weighted by molar-refractivity contribution is 5.08. The van der Waals surface area contributed by atoms with Crippen molar-refractivity contribution in [3.8, 4) is 0 Å². The molecule has 1 unspecified atom stereocenters. The van der Waals surface area contributed by atoms with Gasteiger partial charge in [-0.05, 0) is 43.7 Å². The normalized spacial score (nSPS) is 29.6. The van der Waals surface area contributed by atoms with Gasteiger partial charge in [-0.2, -0.15) is 0 Å². The lowest BCUT2D eigenvalue weighted by atomic mass is 9.79. The van der Waals surface area contributed by atoms with Gasteiger partial charge in [0.2, 0.25) is 0 Å². The molecule has 2 heterocycles. The van der Waals surface area contributed by atoms with E-state index in [0.29, 0.717) is 5.54 Å². The molecule has 0 bridgehead atoms. The highest BCUT2D eigenvalue weighted by atomic mass is 15.3. The maximum Gasteiger partial charge on any atom is 0.0544 e. The third-order valence-corrected chi connectivity index (χ3v) is 5.73. The second-order valence-corrected chi connectivity index (χ2v) is 7.35. The highest BCUT2D eigenvalue weighted by Gasteiger charge is 2.44. The molecule has 3 fully saturated rings. The van der Waals surface area contributed by atoms with E-state index >= 15 is 0 Å². The van der Waals surface area contributed by atoms with Crippen LogP contribution in [0.4, 0.5) is 0 Å². The van der Waals surface area contributed by atoms with Crippen molar-refractivity contribution in [1.82, 2.24) is 15.2 Å². The van der Waals surface area contributed by atoms with Crippen molar-refractivity contribution < 1.29 is 0 Å². The molecule has 3 heteroatoms. The lowest BCUT2D eigenvalue weighted by Gasteiger charge is -2.50. The Labute approximate surface area is 128 Å². The number of hydrogen-bond acceptors (Lipinski definition) is 3. The average molecular weight is 285 g/mol. The number of hydrogen-bond donors (Lipinski definition) is 1. The van der Waals surface area contributed by atoms with Crippen LogP contribution in [0.1, 0.15) is 50.6 Å². The molecule has 21 heavy (non-hydrogen) atoms. The van der Waals surface area contributed by atoms with Crippen molar-refractivity contribution in [3.05, 3.63) is 30.1 Å². The molecule has 2 saturated carbocycles. The second kappa shape index (κ2) is 5.69. The van der Waals surface area contributed by atoms with E-state index in [4.69, 9.17) is 0 Å². The van der Waals surface area contributed by atoms with Crippen LogP contribution in [0.2, 0.25) is 0 Å². The minimum absolute atomic E-state index is 0.401. The first kappa shape index (κ1) is 13.7. The molecular weight excluding hydrogens is 258 g/mol. The number of aromatic nitrogens is 1. The summed E-state index contributed by atoms with van der Waals surface area (Å²) in [6.45, 7) is 3.45. The van der Waals surface area contributed by atoms with Crippen molar-refractivity contribution in [2.75, 3.05) is 13.1 Å². The first-order valence-corrected chi connectivity index (χ1v) is 8.74. The number of nitrogens with one attached hydrogen (secondary N) is 1. The van der Waals surface area contributed by atoms with E-state index in [-0.39, 0.29) is 0 Å². The highest BCUT2D eigenvalue weighted by Crippen LogP contribution is 2.40. The fraction of sp³-hybridized carbons (Fsp3) is 0.722. The minimum atomic E-state index is 0.401. The first-order valence-electron chi connectivity index (χ1n) is 8.74. The largest absolute Gasteiger partial charge is 0.308 e. The summed E-state index contributed by atoms with van der Waals surface area (Å²) in [4.78, 5) is 7.31. The summed E-state index contributed by atoms with van der Waals surface area (Å²) in [5, 5.41) is 3.96. The predicted molar refractivity (Wildman–Crippen MR) is 85.0 cm³/mol. The van der Waals surface area contributed by atoms with E-state index in [1.54, 1.807) is 0 Å². The number of piperazine rings is 1. The van der Waals surface area contributed by atoms with Gasteiger partial charge in [0.15, 0.2) is 0 Å². The van der Waals surface area contributed by atoms with Crippen LogP contribution in [0.25, 0.3) is 0 Å². The quantitative estimate of drug-likeness (QED) is 0.925. The van der Waals surface area contributed by atoms with Gasteiger partial charge in [-0.1, -0.05) is 25.3 Å². The zero-order chi connectivity index (χ0) is 14.1. The molecule has 4 rings (SSSR count). The summed E-state index contributed by atoms with van der Waals surface area (Å²) >= 11 is 0. The minimum Gasteiger partial charge on any atom is -0.308 e. The van der Waals surface area contributed by atoms with Crippen LogP contribution >= 0.6 is 0 Å². The maximum absolute atomic E-state index is 4.56. The Morgan fingerprint density at radius 3 is 2.76 bits per heavy atom. The topological polar surface area (TPSA) is 28.2 Å². The molecule has 3 aliphatic rings. The molecule has 0 amide bonds. The molecule has 1 aliphatic heterocycles. The monoisotopic (exact) mass is 285 g/mol. The molecule has 1 spiro atoms. The van der Waals surface area contributed by atoms with Gasteiger partial charge in [-0.3, -0.25) is 9.88 Å². The van der Waals surface area contributed by atoms with E-state index in [1.807, 2.05) is 12.3 Å². The Morgan fingerprint density at radius 1 is 1.19 bits per heavy atom. The van der Waals surface area contributed by atoms with Crippen LogP contribution in [0.3, 0.4) is 0 Å². The molecule has 2 aliphatic carbocycles. The summed E-state index contributed by atoms with van der Waals surface area (Å²) in [7, 11) is 0. The van der Waals surface area contributed by atoms with Gasteiger partial charge in [-0.25, -0.2) is 0 Å². The Bertz CT molecular complexity index is 463. The predicted octanol–water partition coefficient (Wildman–Crippen LogP) is 2.97. The van der Waals surface area contributed by atoms with Crippen LogP contribution in [0.5, 0.6) is 0 Å². The van der Waals surface area contributed by atoms with Gasteiger partial charge in [0.1, 0.15) is 0 Å². The molecule has 1 N–H and O–H groups in total. The summed E-state index contributed by atoms with van der Waals surface area (Å²) in [6.07, 6.45) is 11.7. The molecule has 1 aromatic rings. The van der Waals surface area contributed by atoms with Crippen molar-refractivity contribution in [3.63, 3.8) is 0 Å². The van der Waals surface area contributed by atoms with Gasteiger partial charge >= 0.3 is 0 Å². The van der Waals surface area contributed by atoms with Crippen molar-refractivity contribution in [1.29, 1.82) is 0 Å². The lowest BCUT2D eigenvalue weighted by Crippen LogP contribution is -2.65. The first-order chi connectivity index (χ1) is 10.3. The van der Waals surface area contributed by atoms with Crippen LogP contribution in [-0.2, 0) is 6.54 Å². The lowest BCUT2D eigenvalue weighted by molar-refractivity contribution is 0.0400. The Hall–Kier alpha value is -0.930. The second-order valence-electron chi connectivity index (χ2n) is 7.35. The summed E-state index contributed by atoms with van der Waals surface area (Å²) in [5.74, 6) is 0.933. The fourth-order valence-corrected chi connectivity index (χ4v) is 4.39. The average Bonchev–Trinajstić information content (AvgIpc) is 3.34. The van der Waals surface area contributed by atoms with Gasteiger partial charge in [-0.15, -0.1) is 0 Å². The SMILES string of the molecule is c1ccc(CN2CC3(CCCCC3)NCC2C2CC2)nc1. The molecule has 0 radical (unpaired) electrons. The molecule has 3 nitrogen and oxygen atoms in total. The summed E-state index contributed by atoms with van der Waals surface area (Å²) in [5.41, 5.74) is 1.63. The maximum atomic E-state index is 4.56. The van der Waals surface area contributed by atoms with E-state index in [0.717, 1.165) is 18.5 Å². The molecule has 1 aromatic heterocycles. The van der Waals surface area contributed by atoms with E-state index < -0.39 is 0 Å². The standard InChI is InChI=1S/C18H27N3/c1-3-9-18(10-4-1)14-21(13-16-6-2-5-11-19-16)17(12-20-18)15-7-8-15/h2,5-6,11,15,17,20H,1,3-4,7-10,12-14H2. The van der Waals surface area contributed by atoms with Crippen molar-refractivity contribution >= 4 is 0 Å². The number of nitrogens with zero attached hydrogens (tertiary/aromatic N) is 2. The molecule has 114 valence electrons. The Morgan fingerprint density at radius 2 is 2.05 bits per heavy atom. The molecular formula is C18H27N3. The number of pyridine rings is 1. The molecule has 1 saturated heterocycles. The Kier molecular flexibility index (Phi) is 3.72. The van der Waals surface area contributed by atoms with E-state index in [2.05, 4.69) is 27.3 Å². The van der Waals surface area contributed by atoms with Crippen LogP contribution in [0.15, 0.2) is 24.4 Å². The van der Waals surface area contributed by atoms with Crippen molar-refractivity contribution in [2.45, 2.75) is 63.1 Å². The third-order valence-electron chi connectivity index (χ3n) is 5.73. The van der Waals surface area contributed by atoms with Gasteiger partial charge in [0.05, 0.1) is 5.69 Å². The Balaban J connectivity index is 1.51. The zero-order valence-electron chi connectivity index (χ0n) is 12.9. The van der Waals surface area contributed by atoms with Crippen LogP contribution in [-0.4, -0.2) is 34.6 Å². The molecule has 0 aromatic carbocycles. The zero-order valence-corrected chi connectivity index (χ0v) is 12.9.